The van der Waals surface area contributed by atoms with E-state index in [4.69, 9.17) is 9.47 Å². The quantitative estimate of drug-likeness (QED) is 0.506. The standard InChI is InChI=1S/C20H17BrN2O5S2/c21-18-8-9-19(29-18)30(25,26)23-15(10-13-4-2-1-3-5-13)20(24)22-14-6-7-16-17(11-14)28-12-27-16/h1-9,11,15,23H,10,12H2,(H,22,24)/t15-/m0/s1. The van der Waals surface area contributed by atoms with E-state index in [9.17, 15) is 13.2 Å². The van der Waals surface area contributed by atoms with E-state index in [1.54, 1.807) is 24.3 Å². The Morgan fingerprint density at radius 2 is 1.83 bits per heavy atom. The summed E-state index contributed by atoms with van der Waals surface area (Å²) in [5, 5.41) is 2.76. The summed E-state index contributed by atoms with van der Waals surface area (Å²) in [6.45, 7) is 0.125. The number of amides is 1. The highest BCUT2D eigenvalue weighted by Gasteiger charge is 2.27. The smallest absolute Gasteiger partial charge is 0.250 e. The van der Waals surface area contributed by atoms with E-state index in [0.29, 0.717) is 21.0 Å². The fourth-order valence-electron chi connectivity index (χ4n) is 2.93. The SMILES string of the molecule is O=C(Nc1ccc2c(c1)OCO2)[C@H](Cc1ccccc1)NS(=O)(=O)c1ccc(Br)s1. The third-order valence-electron chi connectivity index (χ3n) is 4.35. The van der Waals surface area contributed by atoms with E-state index in [1.807, 2.05) is 30.3 Å². The van der Waals surface area contributed by atoms with Gasteiger partial charge in [0.25, 0.3) is 10.0 Å². The Kier molecular flexibility index (Phi) is 6.09. The lowest BCUT2D eigenvalue weighted by molar-refractivity contribution is -0.117. The summed E-state index contributed by atoms with van der Waals surface area (Å²) >= 11 is 4.34. The zero-order valence-corrected chi connectivity index (χ0v) is 18.7. The molecule has 0 radical (unpaired) electrons. The van der Waals surface area contributed by atoms with Gasteiger partial charge in [0.2, 0.25) is 12.7 Å². The maximum absolute atomic E-state index is 13.0. The van der Waals surface area contributed by atoms with Gasteiger partial charge in [0.05, 0.1) is 3.79 Å². The molecule has 7 nitrogen and oxygen atoms in total. The molecule has 3 aromatic rings. The topological polar surface area (TPSA) is 93.7 Å². The van der Waals surface area contributed by atoms with Gasteiger partial charge in [-0.05, 0) is 52.2 Å². The number of sulfonamides is 1. The molecule has 0 bridgehead atoms. The van der Waals surface area contributed by atoms with Crippen molar-refractivity contribution in [2.75, 3.05) is 12.1 Å². The van der Waals surface area contributed by atoms with Crippen LogP contribution in [0.25, 0.3) is 0 Å². The first-order valence-corrected chi connectivity index (χ1v) is 12.0. The minimum Gasteiger partial charge on any atom is -0.454 e. The van der Waals surface area contributed by atoms with Gasteiger partial charge in [-0.15, -0.1) is 11.3 Å². The number of benzene rings is 2. The van der Waals surface area contributed by atoms with E-state index in [1.165, 1.54) is 6.07 Å². The average Bonchev–Trinajstić information content (AvgIpc) is 3.37. The molecule has 1 aliphatic heterocycles. The van der Waals surface area contributed by atoms with Gasteiger partial charge in [-0.3, -0.25) is 4.79 Å². The summed E-state index contributed by atoms with van der Waals surface area (Å²) < 4.78 is 39.6. The van der Waals surface area contributed by atoms with Crippen LogP contribution < -0.4 is 19.5 Å². The number of nitrogens with one attached hydrogen (secondary N) is 2. The molecule has 0 unspecified atom stereocenters. The van der Waals surface area contributed by atoms with Crippen LogP contribution in [0.15, 0.2) is 68.7 Å². The number of anilines is 1. The third kappa shape index (κ3) is 4.84. The van der Waals surface area contributed by atoms with Crippen molar-refractivity contribution in [2.24, 2.45) is 0 Å². The first-order chi connectivity index (χ1) is 14.4. The monoisotopic (exact) mass is 508 g/mol. The number of halogens is 1. The molecule has 0 saturated heterocycles. The second kappa shape index (κ2) is 8.76. The highest BCUT2D eigenvalue weighted by atomic mass is 79.9. The molecule has 30 heavy (non-hydrogen) atoms. The molecule has 10 heteroatoms. The first kappa shape index (κ1) is 20.9. The van der Waals surface area contributed by atoms with E-state index in [0.717, 1.165) is 16.9 Å². The number of hydrogen-bond acceptors (Lipinski definition) is 6. The van der Waals surface area contributed by atoms with Crippen molar-refractivity contribution in [3.8, 4) is 11.5 Å². The second-order valence-corrected chi connectivity index (χ2v) is 10.9. The van der Waals surface area contributed by atoms with Crippen LogP contribution in [0.4, 0.5) is 5.69 Å². The molecule has 2 aromatic carbocycles. The zero-order chi connectivity index (χ0) is 21.1. The zero-order valence-electron chi connectivity index (χ0n) is 15.5. The molecule has 4 rings (SSSR count). The Morgan fingerprint density at radius 3 is 2.57 bits per heavy atom. The molecule has 1 amide bonds. The van der Waals surface area contributed by atoms with E-state index < -0.39 is 22.0 Å². The lowest BCUT2D eigenvalue weighted by Crippen LogP contribution is -2.45. The fourth-order valence-corrected chi connectivity index (χ4v) is 6.15. The summed E-state index contributed by atoms with van der Waals surface area (Å²) in [4.78, 5) is 13.0. The summed E-state index contributed by atoms with van der Waals surface area (Å²) in [6, 6.07) is 16.4. The third-order valence-corrected chi connectivity index (χ3v) is 7.94. The summed E-state index contributed by atoms with van der Waals surface area (Å²) in [5.74, 6) is 0.645. The minimum atomic E-state index is -3.87. The predicted molar refractivity (Wildman–Crippen MR) is 117 cm³/mol. The Labute approximate surface area is 186 Å². The van der Waals surface area contributed by atoms with E-state index in [2.05, 4.69) is 26.0 Å². The molecule has 1 atom stereocenters. The average molecular weight is 509 g/mol. The summed E-state index contributed by atoms with van der Waals surface area (Å²) in [6.07, 6.45) is 0.197. The largest absolute Gasteiger partial charge is 0.454 e. The van der Waals surface area contributed by atoms with Crippen molar-refractivity contribution < 1.29 is 22.7 Å². The molecule has 1 aromatic heterocycles. The molecule has 0 spiro atoms. The van der Waals surface area contributed by atoms with Gasteiger partial charge in [-0.2, -0.15) is 4.72 Å². The number of hydrogen-bond donors (Lipinski definition) is 2. The normalized spacial score (nSPS) is 13.8. The van der Waals surface area contributed by atoms with Gasteiger partial charge in [-0.25, -0.2) is 8.42 Å². The van der Waals surface area contributed by atoms with Crippen molar-refractivity contribution in [3.63, 3.8) is 0 Å². The van der Waals surface area contributed by atoms with Crippen LogP contribution in [0.5, 0.6) is 11.5 Å². The van der Waals surface area contributed by atoms with Gasteiger partial charge in [-0.1, -0.05) is 30.3 Å². The Balaban J connectivity index is 1.57. The molecule has 1 aliphatic rings. The number of thiophene rings is 1. The van der Waals surface area contributed by atoms with E-state index in [-0.39, 0.29) is 17.4 Å². The minimum absolute atomic E-state index is 0.125. The highest BCUT2D eigenvalue weighted by Crippen LogP contribution is 2.34. The van der Waals surface area contributed by atoms with Gasteiger partial charge in [0, 0.05) is 11.8 Å². The van der Waals surface area contributed by atoms with Crippen molar-refractivity contribution in [1.29, 1.82) is 0 Å². The van der Waals surface area contributed by atoms with Crippen LogP contribution in [0.3, 0.4) is 0 Å². The summed E-state index contributed by atoms with van der Waals surface area (Å²) in [5.41, 5.74) is 1.32. The maximum atomic E-state index is 13.0. The number of ether oxygens (including phenoxy) is 2. The second-order valence-electron chi connectivity index (χ2n) is 6.48. The van der Waals surface area contributed by atoms with Gasteiger partial charge in [0.15, 0.2) is 11.5 Å². The first-order valence-electron chi connectivity index (χ1n) is 8.93. The van der Waals surface area contributed by atoms with Gasteiger partial charge < -0.3 is 14.8 Å². The molecule has 156 valence electrons. The molecule has 0 aliphatic carbocycles. The fraction of sp³-hybridized carbons (Fsp3) is 0.150. The van der Waals surface area contributed by atoms with Crippen LogP contribution in [0, 0.1) is 0 Å². The number of carbonyl (C=O) groups is 1. The molecular formula is C20H17BrN2O5S2. The highest BCUT2D eigenvalue weighted by molar-refractivity contribution is 9.11. The van der Waals surface area contributed by atoms with Crippen LogP contribution in [-0.4, -0.2) is 27.2 Å². The van der Waals surface area contributed by atoms with Crippen molar-refractivity contribution in [3.05, 3.63) is 70.0 Å². The predicted octanol–water partition coefficient (Wildman–Crippen LogP) is 3.77. The van der Waals surface area contributed by atoms with Crippen molar-refractivity contribution >= 4 is 48.9 Å². The molecule has 2 N–H and O–H groups in total. The Morgan fingerprint density at radius 1 is 1.07 bits per heavy atom. The number of carbonyl (C=O) groups excluding carboxylic acids is 1. The van der Waals surface area contributed by atoms with Gasteiger partial charge >= 0.3 is 0 Å². The maximum Gasteiger partial charge on any atom is 0.250 e. The van der Waals surface area contributed by atoms with Crippen LogP contribution in [0.2, 0.25) is 0 Å². The molecule has 0 fully saturated rings. The molecule has 0 saturated carbocycles. The number of fused-ring (bicyclic) bond motifs is 1. The summed E-state index contributed by atoms with van der Waals surface area (Å²) in [7, 11) is -3.87. The Bertz CT molecular complexity index is 1160. The lowest BCUT2D eigenvalue weighted by atomic mass is 10.1. The van der Waals surface area contributed by atoms with Gasteiger partial charge in [0.1, 0.15) is 10.3 Å². The van der Waals surface area contributed by atoms with Crippen LogP contribution in [-0.2, 0) is 21.2 Å². The van der Waals surface area contributed by atoms with E-state index >= 15 is 0 Å². The Hall–Kier alpha value is -2.40. The van der Waals surface area contributed by atoms with Crippen LogP contribution >= 0.6 is 27.3 Å². The molecular weight excluding hydrogens is 492 g/mol. The molecule has 2 heterocycles. The van der Waals surface area contributed by atoms with Crippen molar-refractivity contribution in [1.82, 2.24) is 4.72 Å². The van der Waals surface area contributed by atoms with Crippen molar-refractivity contribution in [2.45, 2.75) is 16.7 Å². The number of rotatable bonds is 7. The van der Waals surface area contributed by atoms with Crippen LogP contribution in [0.1, 0.15) is 5.56 Å². The lowest BCUT2D eigenvalue weighted by Gasteiger charge is -2.18.